The Morgan fingerprint density at radius 2 is 1.75 bits per heavy atom. The molecule has 5 heteroatoms. The largest absolute Gasteiger partial charge is 0.491 e. The molecule has 0 aromatic heterocycles. The smallest absolute Gasteiger partial charge is 0.261 e. The van der Waals surface area contributed by atoms with Crippen LogP contribution in [0.25, 0.3) is 0 Å². The van der Waals surface area contributed by atoms with Crippen LogP contribution in [0.5, 0.6) is 11.5 Å². The zero-order chi connectivity index (χ0) is 17.5. The fourth-order valence-corrected chi connectivity index (χ4v) is 2.27. The maximum Gasteiger partial charge on any atom is 0.261 e. The van der Waals surface area contributed by atoms with Gasteiger partial charge < -0.3 is 14.8 Å². The molecule has 0 fully saturated rings. The summed E-state index contributed by atoms with van der Waals surface area (Å²) >= 11 is 5.90. The maximum atomic E-state index is 12.1. The minimum atomic E-state index is -0.605. The van der Waals surface area contributed by atoms with Crippen LogP contribution in [-0.4, -0.2) is 18.1 Å². The summed E-state index contributed by atoms with van der Waals surface area (Å²) in [7, 11) is 0. The van der Waals surface area contributed by atoms with E-state index in [9.17, 15) is 4.79 Å². The molecular weight excluding hydrogens is 326 g/mol. The van der Waals surface area contributed by atoms with E-state index >= 15 is 0 Å². The number of carbonyl (C=O) groups is 1. The monoisotopic (exact) mass is 347 g/mol. The topological polar surface area (TPSA) is 47.6 Å². The molecule has 0 aliphatic heterocycles. The average Bonchev–Trinajstić information content (AvgIpc) is 2.53. The van der Waals surface area contributed by atoms with Gasteiger partial charge in [-0.05, 0) is 56.7 Å². The van der Waals surface area contributed by atoms with Crippen molar-refractivity contribution in [3.63, 3.8) is 0 Å². The lowest BCUT2D eigenvalue weighted by Gasteiger charge is -2.15. The predicted octanol–water partition coefficient (Wildman–Crippen LogP) is 4.21. The van der Waals surface area contributed by atoms with Gasteiger partial charge in [0, 0.05) is 11.6 Å². The van der Waals surface area contributed by atoms with Crippen molar-refractivity contribution in [2.45, 2.75) is 39.5 Å². The Hall–Kier alpha value is -2.20. The SMILES string of the molecule is CC(C)Oc1ccc(CNC(=O)[C@H](C)Oc2cccc(Cl)c2)cc1. The van der Waals surface area contributed by atoms with Gasteiger partial charge in [0.25, 0.3) is 5.91 Å². The third-order valence-corrected chi connectivity index (χ3v) is 3.48. The molecule has 2 rings (SSSR count). The number of rotatable bonds is 7. The molecule has 0 unspecified atom stereocenters. The molecule has 2 aromatic rings. The van der Waals surface area contributed by atoms with Crippen molar-refractivity contribution in [2.24, 2.45) is 0 Å². The van der Waals surface area contributed by atoms with Crippen molar-refractivity contribution in [1.29, 1.82) is 0 Å². The number of amides is 1. The summed E-state index contributed by atoms with van der Waals surface area (Å²) in [6, 6.07) is 14.6. The fraction of sp³-hybridized carbons (Fsp3) is 0.316. The molecule has 0 aliphatic carbocycles. The highest BCUT2D eigenvalue weighted by molar-refractivity contribution is 6.30. The number of nitrogens with one attached hydrogen (secondary N) is 1. The van der Waals surface area contributed by atoms with E-state index in [1.165, 1.54) is 0 Å². The van der Waals surface area contributed by atoms with Crippen LogP contribution < -0.4 is 14.8 Å². The van der Waals surface area contributed by atoms with Gasteiger partial charge in [0.2, 0.25) is 0 Å². The Bertz CT molecular complexity index is 671. The van der Waals surface area contributed by atoms with Gasteiger partial charge in [-0.2, -0.15) is 0 Å². The van der Waals surface area contributed by atoms with Crippen molar-refractivity contribution in [1.82, 2.24) is 5.32 Å². The second-order valence-electron chi connectivity index (χ2n) is 5.75. The minimum absolute atomic E-state index is 0.139. The van der Waals surface area contributed by atoms with Gasteiger partial charge in [0.05, 0.1) is 6.10 Å². The number of benzene rings is 2. The Labute approximate surface area is 147 Å². The van der Waals surface area contributed by atoms with Gasteiger partial charge >= 0.3 is 0 Å². The Kier molecular flexibility index (Phi) is 6.50. The molecule has 0 saturated heterocycles. The van der Waals surface area contributed by atoms with Gasteiger partial charge in [0.1, 0.15) is 11.5 Å². The second-order valence-corrected chi connectivity index (χ2v) is 6.18. The molecule has 1 atom stereocenters. The first-order valence-corrected chi connectivity index (χ1v) is 8.27. The zero-order valence-corrected chi connectivity index (χ0v) is 14.8. The molecule has 4 nitrogen and oxygen atoms in total. The molecule has 0 radical (unpaired) electrons. The number of hydrogen-bond acceptors (Lipinski definition) is 3. The summed E-state index contributed by atoms with van der Waals surface area (Å²) in [5.74, 6) is 1.20. The van der Waals surface area contributed by atoms with Crippen molar-refractivity contribution >= 4 is 17.5 Å². The highest BCUT2D eigenvalue weighted by Crippen LogP contribution is 2.18. The highest BCUT2D eigenvalue weighted by Gasteiger charge is 2.14. The van der Waals surface area contributed by atoms with Gasteiger partial charge in [-0.3, -0.25) is 4.79 Å². The number of hydrogen-bond donors (Lipinski definition) is 1. The Morgan fingerprint density at radius 1 is 1.04 bits per heavy atom. The van der Waals surface area contributed by atoms with Crippen molar-refractivity contribution in [3.8, 4) is 11.5 Å². The normalized spacial score (nSPS) is 11.9. The summed E-state index contributed by atoms with van der Waals surface area (Å²) in [5.41, 5.74) is 0.995. The lowest BCUT2D eigenvalue weighted by molar-refractivity contribution is -0.127. The molecule has 0 heterocycles. The van der Waals surface area contributed by atoms with Gasteiger partial charge in [0.15, 0.2) is 6.10 Å². The van der Waals surface area contributed by atoms with E-state index in [2.05, 4.69) is 5.32 Å². The van der Waals surface area contributed by atoms with Crippen LogP contribution in [-0.2, 0) is 11.3 Å². The van der Waals surface area contributed by atoms with Gasteiger partial charge in [-0.15, -0.1) is 0 Å². The van der Waals surface area contributed by atoms with E-state index in [4.69, 9.17) is 21.1 Å². The van der Waals surface area contributed by atoms with Crippen LogP contribution in [0.4, 0.5) is 0 Å². The maximum absolute atomic E-state index is 12.1. The van der Waals surface area contributed by atoms with E-state index in [0.29, 0.717) is 17.3 Å². The van der Waals surface area contributed by atoms with Crippen molar-refractivity contribution < 1.29 is 14.3 Å². The van der Waals surface area contributed by atoms with Gasteiger partial charge in [-0.1, -0.05) is 29.8 Å². The quantitative estimate of drug-likeness (QED) is 0.816. The van der Waals surface area contributed by atoms with Crippen molar-refractivity contribution in [2.75, 3.05) is 0 Å². The van der Waals surface area contributed by atoms with Crippen LogP contribution in [0.3, 0.4) is 0 Å². The molecule has 0 bridgehead atoms. The fourth-order valence-electron chi connectivity index (χ4n) is 2.09. The summed E-state index contributed by atoms with van der Waals surface area (Å²) < 4.78 is 11.2. The van der Waals surface area contributed by atoms with E-state index in [-0.39, 0.29) is 12.0 Å². The molecule has 128 valence electrons. The van der Waals surface area contributed by atoms with E-state index in [1.54, 1.807) is 31.2 Å². The third kappa shape index (κ3) is 5.78. The summed E-state index contributed by atoms with van der Waals surface area (Å²) in [6.45, 7) is 6.10. The Balaban J connectivity index is 1.83. The highest BCUT2D eigenvalue weighted by atomic mass is 35.5. The summed E-state index contributed by atoms with van der Waals surface area (Å²) in [5, 5.41) is 3.43. The van der Waals surface area contributed by atoms with Crippen LogP contribution in [0, 0.1) is 0 Å². The lowest BCUT2D eigenvalue weighted by Crippen LogP contribution is -2.35. The molecule has 2 aromatic carbocycles. The summed E-state index contributed by atoms with van der Waals surface area (Å²) in [4.78, 5) is 12.1. The third-order valence-electron chi connectivity index (χ3n) is 3.24. The molecule has 1 N–H and O–H groups in total. The molecule has 0 aliphatic rings. The number of ether oxygens (including phenoxy) is 2. The minimum Gasteiger partial charge on any atom is -0.491 e. The summed E-state index contributed by atoms with van der Waals surface area (Å²) in [6.07, 6.45) is -0.466. The molecule has 1 amide bonds. The lowest BCUT2D eigenvalue weighted by atomic mass is 10.2. The predicted molar refractivity (Wildman–Crippen MR) is 95.6 cm³/mol. The van der Waals surface area contributed by atoms with Crippen LogP contribution in [0.15, 0.2) is 48.5 Å². The second kappa shape index (κ2) is 8.60. The van der Waals surface area contributed by atoms with E-state index < -0.39 is 6.10 Å². The first-order valence-electron chi connectivity index (χ1n) is 7.89. The van der Waals surface area contributed by atoms with E-state index in [1.807, 2.05) is 38.1 Å². The standard InChI is InChI=1S/C19H22ClNO3/c1-13(2)23-17-9-7-15(8-10-17)12-21-19(22)14(3)24-18-6-4-5-16(20)11-18/h4-11,13-14H,12H2,1-3H3,(H,21,22)/t14-/m0/s1. The molecular formula is C19H22ClNO3. The first-order chi connectivity index (χ1) is 11.4. The molecule has 24 heavy (non-hydrogen) atoms. The Morgan fingerprint density at radius 3 is 2.38 bits per heavy atom. The zero-order valence-electron chi connectivity index (χ0n) is 14.1. The first kappa shape index (κ1) is 18.1. The average molecular weight is 348 g/mol. The van der Waals surface area contributed by atoms with Gasteiger partial charge in [-0.25, -0.2) is 0 Å². The van der Waals surface area contributed by atoms with Crippen LogP contribution in [0.1, 0.15) is 26.3 Å². The molecule has 0 saturated carbocycles. The van der Waals surface area contributed by atoms with Crippen molar-refractivity contribution in [3.05, 3.63) is 59.1 Å². The molecule has 0 spiro atoms. The van der Waals surface area contributed by atoms with Crippen LogP contribution >= 0.6 is 11.6 Å². The van der Waals surface area contributed by atoms with E-state index in [0.717, 1.165) is 11.3 Å². The number of carbonyl (C=O) groups excluding carboxylic acids is 1. The number of halogens is 1. The van der Waals surface area contributed by atoms with Crippen LogP contribution in [0.2, 0.25) is 5.02 Å².